The smallest absolute Gasteiger partial charge is 0.150 e. The van der Waals surface area contributed by atoms with Gasteiger partial charge in [-0.1, -0.05) is 97.9 Å². The second kappa shape index (κ2) is 12.4. The standard InChI is InChI=1S/C29H32O4/c1-2-26-21-31-27(22-30-18-23-12-6-3-7-13-23)29(33-20-25-16-10-5-11-17-25)28(26)32-19-24-14-8-4-9-15-24/h3-17,21,27-29H,2,18-20,22H2,1H3/t27-,28-,29-/m1/s1. The molecule has 0 aromatic heterocycles. The SMILES string of the molecule is CCC1=CO[C@H](COCc2ccccc2)[C@@H](OCc2ccccc2)[C@@H]1OCc1ccccc1. The van der Waals surface area contributed by atoms with Crippen LogP contribution in [0.25, 0.3) is 0 Å². The van der Waals surface area contributed by atoms with Gasteiger partial charge in [-0.3, -0.25) is 0 Å². The van der Waals surface area contributed by atoms with Crippen molar-refractivity contribution in [2.75, 3.05) is 6.61 Å². The van der Waals surface area contributed by atoms with Crippen molar-refractivity contribution in [3.05, 3.63) is 120 Å². The van der Waals surface area contributed by atoms with Crippen molar-refractivity contribution in [1.82, 2.24) is 0 Å². The van der Waals surface area contributed by atoms with Crippen molar-refractivity contribution in [2.24, 2.45) is 0 Å². The second-order valence-corrected chi connectivity index (χ2v) is 8.20. The van der Waals surface area contributed by atoms with Crippen LogP contribution >= 0.6 is 0 Å². The highest BCUT2D eigenvalue weighted by molar-refractivity contribution is 5.18. The monoisotopic (exact) mass is 444 g/mol. The van der Waals surface area contributed by atoms with Gasteiger partial charge in [0.05, 0.1) is 32.7 Å². The van der Waals surface area contributed by atoms with Crippen molar-refractivity contribution < 1.29 is 18.9 Å². The number of rotatable bonds is 11. The molecule has 172 valence electrons. The molecule has 3 aromatic rings. The Balaban J connectivity index is 1.47. The molecular weight excluding hydrogens is 412 g/mol. The molecule has 0 spiro atoms. The lowest BCUT2D eigenvalue weighted by Crippen LogP contribution is -2.48. The molecule has 1 aliphatic rings. The van der Waals surface area contributed by atoms with E-state index in [0.717, 1.165) is 28.7 Å². The first-order valence-corrected chi connectivity index (χ1v) is 11.6. The molecule has 0 bridgehead atoms. The zero-order chi connectivity index (χ0) is 22.7. The number of hydrogen-bond donors (Lipinski definition) is 0. The van der Waals surface area contributed by atoms with Crippen molar-refractivity contribution in [1.29, 1.82) is 0 Å². The molecule has 0 aliphatic carbocycles. The molecule has 3 aromatic carbocycles. The molecule has 0 saturated heterocycles. The fourth-order valence-electron chi connectivity index (χ4n) is 3.93. The second-order valence-electron chi connectivity index (χ2n) is 8.20. The zero-order valence-corrected chi connectivity index (χ0v) is 19.1. The van der Waals surface area contributed by atoms with Crippen molar-refractivity contribution in [2.45, 2.75) is 51.5 Å². The Bertz CT molecular complexity index is 972. The van der Waals surface area contributed by atoms with Gasteiger partial charge in [0.25, 0.3) is 0 Å². The summed E-state index contributed by atoms with van der Waals surface area (Å²) in [5.74, 6) is 0. The molecule has 4 nitrogen and oxygen atoms in total. The average molecular weight is 445 g/mol. The summed E-state index contributed by atoms with van der Waals surface area (Å²) in [5.41, 5.74) is 4.49. The molecule has 0 radical (unpaired) electrons. The Labute approximate surface area is 196 Å². The fourth-order valence-corrected chi connectivity index (χ4v) is 3.93. The van der Waals surface area contributed by atoms with E-state index in [1.54, 1.807) is 0 Å². The molecule has 4 rings (SSSR count). The summed E-state index contributed by atoms with van der Waals surface area (Å²) in [6.07, 6.45) is 1.95. The van der Waals surface area contributed by atoms with Gasteiger partial charge in [0.1, 0.15) is 18.3 Å². The molecule has 1 heterocycles. The Morgan fingerprint density at radius 2 is 1.18 bits per heavy atom. The van der Waals surface area contributed by atoms with E-state index in [1.807, 2.05) is 60.9 Å². The van der Waals surface area contributed by atoms with E-state index in [9.17, 15) is 0 Å². The highest BCUT2D eigenvalue weighted by Crippen LogP contribution is 2.29. The maximum Gasteiger partial charge on any atom is 0.150 e. The van der Waals surface area contributed by atoms with Crippen LogP contribution in [0.2, 0.25) is 0 Å². The summed E-state index contributed by atoms with van der Waals surface area (Å²) >= 11 is 0. The van der Waals surface area contributed by atoms with Crippen molar-refractivity contribution in [3.8, 4) is 0 Å². The number of ether oxygens (including phenoxy) is 4. The topological polar surface area (TPSA) is 36.9 Å². The van der Waals surface area contributed by atoms with E-state index in [1.165, 1.54) is 0 Å². The highest BCUT2D eigenvalue weighted by Gasteiger charge is 2.38. The lowest BCUT2D eigenvalue weighted by atomic mass is 9.96. The Morgan fingerprint density at radius 3 is 1.73 bits per heavy atom. The van der Waals surface area contributed by atoms with Gasteiger partial charge in [0.2, 0.25) is 0 Å². The van der Waals surface area contributed by atoms with Gasteiger partial charge >= 0.3 is 0 Å². The molecular formula is C29H32O4. The molecule has 0 N–H and O–H groups in total. The zero-order valence-electron chi connectivity index (χ0n) is 19.1. The summed E-state index contributed by atoms with van der Waals surface area (Å²) in [6.45, 7) is 4.09. The van der Waals surface area contributed by atoms with E-state index < -0.39 is 0 Å². The molecule has 4 heteroatoms. The first-order valence-electron chi connectivity index (χ1n) is 11.6. The van der Waals surface area contributed by atoms with Crippen molar-refractivity contribution in [3.63, 3.8) is 0 Å². The molecule has 0 amide bonds. The lowest BCUT2D eigenvalue weighted by Gasteiger charge is -2.37. The predicted molar refractivity (Wildman–Crippen MR) is 129 cm³/mol. The van der Waals surface area contributed by atoms with Gasteiger partial charge in [0.15, 0.2) is 0 Å². The summed E-state index contributed by atoms with van der Waals surface area (Å²) in [7, 11) is 0. The van der Waals surface area contributed by atoms with E-state index >= 15 is 0 Å². The van der Waals surface area contributed by atoms with Crippen LogP contribution in [0.1, 0.15) is 30.0 Å². The third kappa shape index (κ3) is 6.78. The largest absolute Gasteiger partial charge is 0.493 e. The van der Waals surface area contributed by atoms with E-state index in [2.05, 4.69) is 43.3 Å². The van der Waals surface area contributed by atoms with E-state index in [0.29, 0.717) is 26.4 Å². The fraction of sp³-hybridized carbons (Fsp3) is 0.310. The van der Waals surface area contributed by atoms with Crippen LogP contribution in [0.5, 0.6) is 0 Å². The number of hydrogen-bond acceptors (Lipinski definition) is 4. The van der Waals surface area contributed by atoms with E-state index in [-0.39, 0.29) is 18.3 Å². The van der Waals surface area contributed by atoms with Gasteiger partial charge in [-0.25, -0.2) is 0 Å². The van der Waals surface area contributed by atoms with E-state index in [4.69, 9.17) is 18.9 Å². The Hall–Kier alpha value is -2.92. The third-order valence-corrected chi connectivity index (χ3v) is 5.78. The first-order chi connectivity index (χ1) is 16.3. The molecule has 33 heavy (non-hydrogen) atoms. The van der Waals surface area contributed by atoms with Crippen LogP contribution in [0.15, 0.2) is 103 Å². The van der Waals surface area contributed by atoms with Gasteiger partial charge in [-0.2, -0.15) is 0 Å². The molecule has 0 unspecified atom stereocenters. The lowest BCUT2D eigenvalue weighted by molar-refractivity contribution is -0.152. The molecule has 0 saturated carbocycles. The maximum absolute atomic E-state index is 6.45. The van der Waals surface area contributed by atoms with Gasteiger partial charge in [0, 0.05) is 0 Å². The minimum atomic E-state index is -0.273. The predicted octanol–water partition coefficient (Wildman–Crippen LogP) is 6.07. The highest BCUT2D eigenvalue weighted by atomic mass is 16.6. The van der Waals surface area contributed by atoms with Crippen LogP contribution in [-0.4, -0.2) is 24.9 Å². The summed E-state index contributed by atoms with van der Waals surface area (Å²) < 4.78 is 25.0. The molecule has 1 aliphatic heterocycles. The Morgan fingerprint density at radius 1 is 0.667 bits per heavy atom. The van der Waals surface area contributed by atoms with Gasteiger partial charge < -0.3 is 18.9 Å². The molecule has 0 fully saturated rings. The third-order valence-electron chi connectivity index (χ3n) is 5.78. The van der Waals surface area contributed by atoms with Crippen LogP contribution in [0.3, 0.4) is 0 Å². The Kier molecular flexibility index (Phi) is 8.70. The summed E-state index contributed by atoms with van der Waals surface area (Å²) in [6, 6.07) is 30.6. The van der Waals surface area contributed by atoms with Gasteiger partial charge in [-0.15, -0.1) is 0 Å². The normalized spacial score (nSPS) is 20.2. The minimum Gasteiger partial charge on any atom is -0.493 e. The number of benzene rings is 3. The van der Waals surface area contributed by atoms with Crippen LogP contribution in [-0.2, 0) is 38.8 Å². The van der Waals surface area contributed by atoms with Crippen LogP contribution in [0, 0.1) is 0 Å². The van der Waals surface area contributed by atoms with Crippen LogP contribution < -0.4 is 0 Å². The average Bonchev–Trinajstić information content (AvgIpc) is 2.88. The summed E-state index contributed by atoms with van der Waals surface area (Å²) in [4.78, 5) is 0. The summed E-state index contributed by atoms with van der Waals surface area (Å²) in [5, 5.41) is 0. The quantitative estimate of drug-likeness (QED) is 0.360. The maximum atomic E-state index is 6.45. The first kappa shape index (κ1) is 23.2. The molecule has 3 atom stereocenters. The van der Waals surface area contributed by atoms with Crippen LogP contribution in [0.4, 0.5) is 0 Å². The van der Waals surface area contributed by atoms with Crippen molar-refractivity contribution >= 4 is 0 Å². The van der Waals surface area contributed by atoms with Gasteiger partial charge in [-0.05, 0) is 28.7 Å². The minimum absolute atomic E-state index is 0.196.